The van der Waals surface area contributed by atoms with Crippen LogP contribution in [0.5, 0.6) is 5.75 Å². The first-order chi connectivity index (χ1) is 18.9. The number of rotatable bonds is 9. The van der Waals surface area contributed by atoms with E-state index < -0.39 is 35.0 Å². The van der Waals surface area contributed by atoms with Crippen LogP contribution in [0.1, 0.15) is 54.0 Å². The number of nitrogens with zero attached hydrogens (tertiary/aromatic N) is 4. The SMILES string of the molecule is CC(CO[Si](C)(C)C(C)(C)C)Cn1ncc2c(N)nc(-c3cc(F)c(O[Si](C)(C)C(C)(C)C)cc3CC(F)(F)F)nc21. The van der Waals surface area contributed by atoms with Gasteiger partial charge in [0, 0.05) is 18.7 Å². The summed E-state index contributed by atoms with van der Waals surface area (Å²) in [5, 5.41) is 4.67. The molecule has 0 aliphatic heterocycles. The molecular weight excluding hydrogens is 583 g/mol. The van der Waals surface area contributed by atoms with Crippen molar-refractivity contribution in [2.24, 2.45) is 5.92 Å². The minimum Gasteiger partial charge on any atom is -0.542 e. The molecule has 2 N–H and O–H groups in total. The highest BCUT2D eigenvalue weighted by atomic mass is 28.4. The highest BCUT2D eigenvalue weighted by molar-refractivity contribution is 6.75. The quantitative estimate of drug-likeness (QED) is 0.189. The smallest absolute Gasteiger partial charge is 0.393 e. The van der Waals surface area contributed by atoms with Gasteiger partial charge in [-0.25, -0.2) is 19.0 Å². The van der Waals surface area contributed by atoms with Crippen LogP contribution in [-0.2, 0) is 17.4 Å². The van der Waals surface area contributed by atoms with E-state index in [-0.39, 0.29) is 44.5 Å². The van der Waals surface area contributed by atoms with Crippen molar-refractivity contribution < 1.29 is 26.4 Å². The molecule has 234 valence electrons. The molecule has 1 aromatic carbocycles. The van der Waals surface area contributed by atoms with Gasteiger partial charge in [0.2, 0.25) is 0 Å². The largest absolute Gasteiger partial charge is 0.542 e. The van der Waals surface area contributed by atoms with E-state index in [1.165, 1.54) is 6.20 Å². The van der Waals surface area contributed by atoms with E-state index in [9.17, 15) is 13.2 Å². The van der Waals surface area contributed by atoms with Crippen molar-refractivity contribution in [1.82, 2.24) is 19.7 Å². The van der Waals surface area contributed by atoms with Gasteiger partial charge in [-0.05, 0) is 59.9 Å². The van der Waals surface area contributed by atoms with Crippen LogP contribution in [0.25, 0.3) is 22.4 Å². The third-order valence-electron chi connectivity index (χ3n) is 8.51. The van der Waals surface area contributed by atoms with Crippen molar-refractivity contribution in [3.63, 3.8) is 0 Å². The summed E-state index contributed by atoms with van der Waals surface area (Å²) >= 11 is 0. The Labute approximate surface area is 248 Å². The van der Waals surface area contributed by atoms with Crippen molar-refractivity contribution >= 4 is 33.5 Å². The van der Waals surface area contributed by atoms with Gasteiger partial charge in [0.05, 0.1) is 18.0 Å². The van der Waals surface area contributed by atoms with Gasteiger partial charge in [0.1, 0.15) is 11.6 Å². The molecule has 2 heterocycles. The van der Waals surface area contributed by atoms with Crippen molar-refractivity contribution in [3.05, 3.63) is 29.7 Å². The number of benzene rings is 1. The van der Waals surface area contributed by atoms with E-state index in [0.717, 1.165) is 12.1 Å². The normalized spacial score (nSPS) is 14.5. The minimum absolute atomic E-state index is 0.0476. The Bertz CT molecular complexity index is 1430. The lowest BCUT2D eigenvalue weighted by molar-refractivity contribution is -0.127. The number of hydrogen-bond acceptors (Lipinski definition) is 6. The predicted molar refractivity (Wildman–Crippen MR) is 165 cm³/mol. The van der Waals surface area contributed by atoms with Crippen LogP contribution in [0.4, 0.5) is 23.4 Å². The molecular formula is C29H45F4N5O2Si2. The Balaban J connectivity index is 2.04. The van der Waals surface area contributed by atoms with E-state index in [0.29, 0.717) is 24.2 Å². The molecule has 0 aliphatic rings. The number of alkyl halides is 3. The summed E-state index contributed by atoms with van der Waals surface area (Å²) in [6, 6.07) is 2.14. The number of anilines is 1. The lowest BCUT2D eigenvalue weighted by Crippen LogP contribution is -2.44. The van der Waals surface area contributed by atoms with Gasteiger partial charge in [0.15, 0.2) is 25.6 Å². The summed E-state index contributed by atoms with van der Waals surface area (Å²) < 4.78 is 70.6. The van der Waals surface area contributed by atoms with E-state index in [2.05, 4.69) is 48.9 Å². The van der Waals surface area contributed by atoms with Gasteiger partial charge >= 0.3 is 6.18 Å². The topological polar surface area (TPSA) is 88.1 Å². The fourth-order valence-corrected chi connectivity index (χ4v) is 5.96. The average molecular weight is 628 g/mol. The molecule has 0 bridgehead atoms. The maximum atomic E-state index is 15.4. The van der Waals surface area contributed by atoms with Crippen LogP contribution < -0.4 is 10.2 Å². The molecule has 0 amide bonds. The monoisotopic (exact) mass is 627 g/mol. The molecule has 0 saturated carbocycles. The molecule has 0 aliphatic carbocycles. The fraction of sp³-hybridized carbons (Fsp3) is 0.621. The second-order valence-corrected chi connectivity index (χ2v) is 23.8. The van der Waals surface area contributed by atoms with Crippen LogP contribution in [-0.4, -0.2) is 49.2 Å². The molecule has 0 saturated heterocycles. The standard InChI is InChI=1S/C29H45F4N5O2Si2/c1-18(17-39-41(8,9)27(2,3)4)16-38-26-21(15-35-38)24(34)36-25(37-26)20-13-22(30)23(12-19(20)14-29(31,32)33)40-42(10,11)28(5,6)7/h12-13,15,18H,14,16-17H2,1-11H3,(H2,34,36,37). The van der Waals surface area contributed by atoms with Gasteiger partial charge in [-0.2, -0.15) is 18.3 Å². The Morgan fingerprint density at radius 1 is 0.952 bits per heavy atom. The molecule has 13 heteroatoms. The van der Waals surface area contributed by atoms with Gasteiger partial charge < -0.3 is 14.6 Å². The van der Waals surface area contributed by atoms with Gasteiger partial charge in [-0.15, -0.1) is 0 Å². The summed E-state index contributed by atoms with van der Waals surface area (Å²) in [6.07, 6.45) is -4.33. The first kappa shape index (κ1) is 34.0. The van der Waals surface area contributed by atoms with Crippen molar-refractivity contribution in [2.75, 3.05) is 12.3 Å². The zero-order valence-electron chi connectivity index (χ0n) is 26.6. The van der Waals surface area contributed by atoms with Crippen molar-refractivity contribution in [3.8, 4) is 17.1 Å². The molecule has 3 rings (SSSR count). The second-order valence-electron chi connectivity index (χ2n) is 14.3. The third-order valence-corrected chi connectivity index (χ3v) is 17.3. The first-order valence-electron chi connectivity index (χ1n) is 14.1. The predicted octanol–water partition coefficient (Wildman–Crippen LogP) is 8.36. The second kappa shape index (κ2) is 11.5. The summed E-state index contributed by atoms with van der Waals surface area (Å²) in [5.74, 6) is -0.991. The molecule has 0 fully saturated rings. The number of nitrogen functional groups attached to an aromatic ring is 1. The van der Waals surface area contributed by atoms with E-state index >= 15 is 4.39 Å². The van der Waals surface area contributed by atoms with Crippen LogP contribution >= 0.6 is 0 Å². The third kappa shape index (κ3) is 7.70. The number of aromatic nitrogens is 4. The maximum Gasteiger partial charge on any atom is 0.393 e. The lowest BCUT2D eigenvalue weighted by Gasteiger charge is -2.37. The molecule has 1 atom stereocenters. The molecule has 1 unspecified atom stereocenters. The van der Waals surface area contributed by atoms with E-state index in [1.807, 2.05) is 40.8 Å². The number of fused-ring (bicyclic) bond motifs is 1. The Hall–Kier alpha value is -2.52. The molecule has 2 aromatic heterocycles. The van der Waals surface area contributed by atoms with Crippen LogP contribution in [0.2, 0.25) is 36.3 Å². The van der Waals surface area contributed by atoms with Crippen molar-refractivity contribution in [2.45, 2.75) is 104 Å². The van der Waals surface area contributed by atoms with Gasteiger partial charge in [0.25, 0.3) is 8.32 Å². The molecule has 7 nitrogen and oxygen atoms in total. The zero-order valence-corrected chi connectivity index (χ0v) is 28.6. The van der Waals surface area contributed by atoms with Crippen LogP contribution in [0.3, 0.4) is 0 Å². The molecule has 3 aromatic rings. The molecule has 0 spiro atoms. The minimum atomic E-state index is -4.56. The number of hydrogen-bond donors (Lipinski definition) is 1. The molecule has 42 heavy (non-hydrogen) atoms. The van der Waals surface area contributed by atoms with Gasteiger partial charge in [-0.1, -0.05) is 48.5 Å². The maximum absolute atomic E-state index is 15.4. The Kier molecular flexibility index (Phi) is 9.33. The van der Waals surface area contributed by atoms with E-state index in [4.69, 9.17) is 14.6 Å². The fourth-order valence-electron chi connectivity index (χ4n) is 3.82. The zero-order chi connectivity index (χ0) is 32.1. The first-order valence-corrected chi connectivity index (χ1v) is 19.9. The Morgan fingerprint density at radius 2 is 1.55 bits per heavy atom. The molecule has 0 radical (unpaired) electrons. The van der Waals surface area contributed by atoms with Crippen LogP contribution in [0.15, 0.2) is 18.3 Å². The van der Waals surface area contributed by atoms with Crippen molar-refractivity contribution in [1.29, 1.82) is 0 Å². The van der Waals surface area contributed by atoms with E-state index in [1.54, 1.807) is 4.68 Å². The Morgan fingerprint density at radius 3 is 2.10 bits per heavy atom. The number of nitrogens with two attached hydrogens (primary N) is 1. The summed E-state index contributed by atoms with van der Waals surface area (Å²) in [6.45, 7) is 23.6. The summed E-state index contributed by atoms with van der Waals surface area (Å²) in [5.41, 5.74) is 6.29. The van der Waals surface area contributed by atoms with Crippen LogP contribution in [0, 0.1) is 11.7 Å². The van der Waals surface area contributed by atoms with Gasteiger partial charge in [-0.3, -0.25) is 0 Å². The summed E-state index contributed by atoms with van der Waals surface area (Å²) in [4.78, 5) is 8.82. The average Bonchev–Trinajstić information content (AvgIpc) is 3.20. The highest BCUT2D eigenvalue weighted by Gasteiger charge is 2.40. The number of halogens is 4. The summed E-state index contributed by atoms with van der Waals surface area (Å²) in [7, 11) is -4.49. The highest BCUT2D eigenvalue weighted by Crippen LogP contribution is 2.41. The lowest BCUT2D eigenvalue weighted by atomic mass is 10.0.